The Hall–Kier alpha value is -2.86. The van der Waals surface area contributed by atoms with Gasteiger partial charge in [0.15, 0.2) is 0 Å². The van der Waals surface area contributed by atoms with Gasteiger partial charge in [-0.3, -0.25) is 9.59 Å². The molecule has 6 heteroatoms. The highest BCUT2D eigenvalue weighted by molar-refractivity contribution is 6.02. The van der Waals surface area contributed by atoms with Gasteiger partial charge in [0.25, 0.3) is 11.8 Å². The summed E-state index contributed by atoms with van der Waals surface area (Å²) in [5, 5.41) is 5.76. The molecule has 0 aromatic heterocycles. The van der Waals surface area contributed by atoms with Gasteiger partial charge in [0.2, 0.25) is 0 Å². The van der Waals surface area contributed by atoms with E-state index >= 15 is 0 Å². The molecule has 2 aliphatic heterocycles. The van der Waals surface area contributed by atoms with Gasteiger partial charge in [0.05, 0.1) is 25.4 Å². The van der Waals surface area contributed by atoms with E-state index in [4.69, 9.17) is 9.47 Å². The van der Waals surface area contributed by atoms with Crippen LogP contribution in [-0.4, -0.2) is 44.7 Å². The molecule has 3 aliphatic rings. The second-order valence-electron chi connectivity index (χ2n) is 7.66. The molecule has 1 saturated carbocycles. The average molecular weight is 378 g/mol. The molecule has 2 N–H and O–H groups in total. The molecule has 1 aliphatic carbocycles. The lowest BCUT2D eigenvalue weighted by Crippen LogP contribution is -2.30. The first-order valence-electron chi connectivity index (χ1n) is 9.63. The Kier molecular flexibility index (Phi) is 4.09. The summed E-state index contributed by atoms with van der Waals surface area (Å²) in [7, 11) is 1.58. The van der Waals surface area contributed by atoms with Gasteiger partial charge in [-0.2, -0.15) is 0 Å². The Labute approximate surface area is 163 Å². The SMILES string of the molecule is CNC(=O)c1cc(C(=O)N[C@H]2[C@@H]3COC[C@@H]32)cc2c1OCC2c1ccccc1. The largest absolute Gasteiger partial charge is 0.491 e. The van der Waals surface area contributed by atoms with Crippen molar-refractivity contribution in [2.45, 2.75) is 12.0 Å². The van der Waals surface area contributed by atoms with Crippen molar-refractivity contribution in [3.05, 3.63) is 64.7 Å². The van der Waals surface area contributed by atoms with Crippen LogP contribution in [0, 0.1) is 11.8 Å². The van der Waals surface area contributed by atoms with E-state index in [-0.39, 0.29) is 23.8 Å². The number of nitrogens with one attached hydrogen (secondary N) is 2. The van der Waals surface area contributed by atoms with E-state index in [0.29, 0.717) is 48.5 Å². The molecule has 2 fully saturated rings. The minimum atomic E-state index is -0.253. The summed E-state index contributed by atoms with van der Waals surface area (Å²) < 4.78 is 11.3. The molecule has 144 valence electrons. The lowest BCUT2D eigenvalue weighted by atomic mass is 9.90. The molecule has 0 radical (unpaired) electrons. The van der Waals surface area contributed by atoms with E-state index in [0.717, 1.165) is 11.1 Å². The molecular formula is C22H22N2O4. The normalized spacial score (nSPS) is 26.8. The van der Waals surface area contributed by atoms with Gasteiger partial charge in [0, 0.05) is 42.0 Å². The first-order chi connectivity index (χ1) is 13.7. The molecule has 2 amide bonds. The minimum Gasteiger partial charge on any atom is -0.491 e. The quantitative estimate of drug-likeness (QED) is 0.853. The molecule has 0 spiro atoms. The predicted molar refractivity (Wildman–Crippen MR) is 103 cm³/mol. The third-order valence-corrected chi connectivity index (χ3v) is 6.07. The van der Waals surface area contributed by atoms with Gasteiger partial charge in [-0.25, -0.2) is 0 Å². The van der Waals surface area contributed by atoms with Crippen molar-refractivity contribution in [2.75, 3.05) is 26.9 Å². The lowest BCUT2D eigenvalue weighted by molar-refractivity contribution is 0.0929. The molecule has 1 unspecified atom stereocenters. The topological polar surface area (TPSA) is 76.7 Å². The van der Waals surface area contributed by atoms with E-state index in [2.05, 4.69) is 10.6 Å². The summed E-state index contributed by atoms with van der Waals surface area (Å²) in [4.78, 5) is 25.4. The van der Waals surface area contributed by atoms with Crippen LogP contribution in [0.15, 0.2) is 42.5 Å². The van der Waals surface area contributed by atoms with Crippen LogP contribution in [0.25, 0.3) is 0 Å². The highest BCUT2D eigenvalue weighted by Crippen LogP contribution is 2.45. The molecule has 4 atom stereocenters. The summed E-state index contributed by atoms with van der Waals surface area (Å²) in [6.45, 7) is 1.89. The Morgan fingerprint density at radius 2 is 1.75 bits per heavy atom. The number of ether oxygens (including phenoxy) is 2. The number of fused-ring (bicyclic) bond motifs is 2. The van der Waals surface area contributed by atoms with Crippen LogP contribution < -0.4 is 15.4 Å². The van der Waals surface area contributed by atoms with Gasteiger partial charge < -0.3 is 20.1 Å². The number of hydrogen-bond acceptors (Lipinski definition) is 4. The van der Waals surface area contributed by atoms with Gasteiger partial charge in [-0.05, 0) is 17.7 Å². The zero-order valence-corrected chi connectivity index (χ0v) is 15.6. The van der Waals surface area contributed by atoms with Gasteiger partial charge in [-0.15, -0.1) is 0 Å². The maximum absolute atomic E-state index is 12.9. The number of carbonyl (C=O) groups excluding carboxylic acids is 2. The second kappa shape index (κ2) is 6.63. The van der Waals surface area contributed by atoms with Gasteiger partial charge in [0.1, 0.15) is 5.75 Å². The average Bonchev–Trinajstić information content (AvgIpc) is 3.10. The van der Waals surface area contributed by atoms with Crippen molar-refractivity contribution >= 4 is 11.8 Å². The summed E-state index contributed by atoms with van der Waals surface area (Å²) in [6, 6.07) is 13.7. The summed E-state index contributed by atoms with van der Waals surface area (Å²) in [6.07, 6.45) is 0. The minimum absolute atomic E-state index is 0.000983. The Morgan fingerprint density at radius 1 is 1.00 bits per heavy atom. The third kappa shape index (κ3) is 2.76. The number of amides is 2. The third-order valence-electron chi connectivity index (χ3n) is 6.07. The molecule has 6 nitrogen and oxygen atoms in total. The van der Waals surface area contributed by atoms with E-state index in [1.807, 2.05) is 36.4 Å². The summed E-state index contributed by atoms with van der Waals surface area (Å²) in [5.41, 5.74) is 2.89. The number of hydrogen-bond donors (Lipinski definition) is 2. The first kappa shape index (κ1) is 17.3. The van der Waals surface area contributed by atoms with E-state index < -0.39 is 0 Å². The molecule has 5 rings (SSSR count). The maximum Gasteiger partial charge on any atom is 0.254 e. The van der Waals surface area contributed by atoms with Crippen molar-refractivity contribution in [3.8, 4) is 5.75 Å². The fourth-order valence-electron chi connectivity index (χ4n) is 4.41. The first-order valence-corrected chi connectivity index (χ1v) is 9.63. The number of carbonyl (C=O) groups is 2. The number of rotatable bonds is 4. The Balaban J connectivity index is 1.50. The zero-order chi connectivity index (χ0) is 19.3. The summed E-state index contributed by atoms with van der Waals surface area (Å²) >= 11 is 0. The van der Waals surface area contributed by atoms with Gasteiger partial charge in [-0.1, -0.05) is 30.3 Å². The zero-order valence-electron chi connectivity index (χ0n) is 15.6. The molecular weight excluding hydrogens is 356 g/mol. The van der Waals surface area contributed by atoms with Gasteiger partial charge >= 0.3 is 0 Å². The smallest absolute Gasteiger partial charge is 0.254 e. The van der Waals surface area contributed by atoms with Crippen LogP contribution in [0.2, 0.25) is 0 Å². The van der Waals surface area contributed by atoms with Crippen LogP contribution in [0.5, 0.6) is 5.75 Å². The van der Waals surface area contributed by atoms with E-state index in [1.165, 1.54) is 0 Å². The highest BCUT2D eigenvalue weighted by atomic mass is 16.5. The van der Waals surface area contributed by atoms with E-state index in [1.54, 1.807) is 13.1 Å². The molecule has 0 bridgehead atoms. The monoisotopic (exact) mass is 378 g/mol. The highest BCUT2D eigenvalue weighted by Gasteiger charge is 2.54. The molecule has 28 heavy (non-hydrogen) atoms. The lowest BCUT2D eigenvalue weighted by Gasteiger charge is -2.13. The molecule has 2 aromatic rings. The fraction of sp³-hybridized carbons (Fsp3) is 0.364. The second-order valence-corrected chi connectivity index (χ2v) is 7.66. The Bertz CT molecular complexity index is 933. The van der Waals surface area contributed by atoms with E-state index in [9.17, 15) is 9.59 Å². The van der Waals surface area contributed by atoms with Crippen molar-refractivity contribution in [3.63, 3.8) is 0 Å². The van der Waals surface area contributed by atoms with Crippen LogP contribution in [0.3, 0.4) is 0 Å². The molecule has 1 saturated heterocycles. The standard InChI is InChI=1S/C22H22N2O4/c1-23-22(26)15-8-13(21(25)24-19-17-9-27-10-18(17)19)7-14-16(11-28-20(14)15)12-5-3-2-4-6-12/h2-8,16-19H,9-11H2,1H3,(H,23,26)(H,24,25)/t16?,17-,18+,19+. The van der Waals surface area contributed by atoms with Crippen LogP contribution in [0.4, 0.5) is 0 Å². The predicted octanol–water partition coefficient (Wildman–Crippen LogP) is 1.95. The Morgan fingerprint density at radius 3 is 2.46 bits per heavy atom. The van der Waals surface area contributed by atoms with Crippen molar-refractivity contribution < 1.29 is 19.1 Å². The summed E-state index contributed by atoms with van der Waals surface area (Å²) in [5.74, 6) is 1.03. The fourth-order valence-corrected chi connectivity index (χ4v) is 4.41. The van der Waals surface area contributed by atoms with Crippen LogP contribution in [-0.2, 0) is 4.74 Å². The molecule has 2 aromatic carbocycles. The van der Waals surface area contributed by atoms with Crippen molar-refractivity contribution in [2.24, 2.45) is 11.8 Å². The maximum atomic E-state index is 12.9. The molecule has 2 heterocycles. The van der Waals surface area contributed by atoms with Crippen LogP contribution in [0.1, 0.15) is 37.8 Å². The van der Waals surface area contributed by atoms with Crippen molar-refractivity contribution in [1.29, 1.82) is 0 Å². The van der Waals surface area contributed by atoms with Crippen molar-refractivity contribution in [1.82, 2.24) is 10.6 Å². The number of benzene rings is 2. The van der Waals surface area contributed by atoms with Crippen LogP contribution >= 0.6 is 0 Å².